The fourth-order valence-corrected chi connectivity index (χ4v) is 1.64. The molecule has 0 aliphatic carbocycles. The lowest BCUT2D eigenvalue weighted by atomic mass is 10.4. The van der Waals surface area contributed by atoms with Crippen molar-refractivity contribution in [2.75, 3.05) is 17.2 Å². The number of halogens is 1. The number of nitrogens with one attached hydrogen (secondary N) is 1. The van der Waals surface area contributed by atoms with Gasteiger partial charge < -0.3 is 5.73 Å². The number of carbonyl (C=O) groups excluding carboxylic acids is 1. The highest BCUT2D eigenvalue weighted by Crippen LogP contribution is 2.20. The van der Waals surface area contributed by atoms with E-state index < -0.39 is 5.69 Å². The van der Waals surface area contributed by atoms with E-state index in [1.807, 2.05) is 0 Å². The molecule has 0 radical (unpaired) electrons. The molecule has 1 fully saturated rings. The van der Waals surface area contributed by atoms with Gasteiger partial charge in [0.05, 0.1) is 5.38 Å². The number of aromatic amines is 1. The maximum atomic E-state index is 11.4. The van der Waals surface area contributed by atoms with Crippen molar-refractivity contribution in [1.29, 1.82) is 0 Å². The van der Waals surface area contributed by atoms with Gasteiger partial charge in [-0.3, -0.25) is 14.7 Å². The summed E-state index contributed by atoms with van der Waals surface area (Å²) in [6.07, 6.45) is 0.220. The molecule has 0 spiro atoms. The van der Waals surface area contributed by atoms with Gasteiger partial charge >= 0.3 is 5.69 Å². The monoisotopic (exact) mass is 229 g/mol. The van der Waals surface area contributed by atoms with Gasteiger partial charge in [0, 0.05) is 13.0 Å². The first-order valence-corrected chi connectivity index (χ1v) is 4.68. The van der Waals surface area contributed by atoms with Gasteiger partial charge in [0.1, 0.15) is 0 Å². The number of amides is 1. The predicted molar refractivity (Wildman–Crippen MR) is 53.7 cm³/mol. The third-order valence-electron chi connectivity index (χ3n) is 1.98. The van der Waals surface area contributed by atoms with Crippen molar-refractivity contribution in [2.24, 2.45) is 0 Å². The highest BCUT2D eigenvalue weighted by molar-refractivity contribution is 6.24. The molecule has 1 atom stereocenters. The molecule has 0 bridgehead atoms. The van der Waals surface area contributed by atoms with E-state index in [0.717, 1.165) is 0 Å². The number of aromatic nitrogens is 3. The lowest BCUT2D eigenvalue weighted by Gasteiger charge is -2.12. The van der Waals surface area contributed by atoms with E-state index in [1.54, 1.807) is 0 Å². The van der Waals surface area contributed by atoms with E-state index in [1.165, 1.54) is 4.90 Å². The SMILES string of the molecule is Nc1nc(N2CC(Cl)CC2=O)nc(=O)[nH]1. The molecular weight excluding hydrogens is 222 g/mol. The van der Waals surface area contributed by atoms with Crippen LogP contribution in [-0.2, 0) is 4.79 Å². The highest BCUT2D eigenvalue weighted by Gasteiger charge is 2.31. The maximum absolute atomic E-state index is 11.4. The molecule has 2 heterocycles. The summed E-state index contributed by atoms with van der Waals surface area (Å²) in [5.74, 6) is -0.278. The Balaban J connectivity index is 2.37. The van der Waals surface area contributed by atoms with Gasteiger partial charge in [-0.1, -0.05) is 0 Å². The van der Waals surface area contributed by atoms with Crippen molar-refractivity contribution in [3.05, 3.63) is 10.5 Å². The van der Waals surface area contributed by atoms with Crippen LogP contribution in [0.25, 0.3) is 0 Å². The van der Waals surface area contributed by atoms with E-state index >= 15 is 0 Å². The van der Waals surface area contributed by atoms with Crippen LogP contribution in [0.5, 0.6) is 0 Å². The van der Waals surface area contributed by atoms with E-state index in [0.29, 0.717) is 6.54 Å². The summed E-state index contributed by atoms with van der Waals surface area (Å²) in [5, 5.41) is -0.276. The standard InChI is InChI=1S/C7H8ClN5O2/c8-3-1-4(14)13(2-3)6-10-5(9)11-7(15)12-6/h3H,1-2H2,(H3,9,10,11,12,15). The van der Waals surface area contributed by atoms with Crippen molar-refractivity contribution < 1.29 is 4.79 Å². The molecule has 8 heteroatoms. The zero-order valence-corrected chi connectivity index (χ0v) is 8.36. The van der Waals surface area contributed by atoms with E-state index in [9.17, 15) is 9.59 Å². The Morgan fingerprint density at radius 2 is 2.20 bits per heavy atom. The molecule has 1 aromatic rings. The average molecular weight is 230 g/mol. The Morgan fingerprint density at radius 3 is 2.73 bits per heavy atom. The van der Waals surface area contributed by atoms with E-state index in [4.69, 9.17) is 17.3 Å². The van der Waals surface area contributed by atoms with Crippen molar-refractivity contribution >= 4 is 29.4 Å². The summed E-state index contributed by atoms with van der Waals surface area (Å²) in [6.45, 7) is 0.295. The van der Waals surface area contributed by atoms with Crippen molar-refractivity contribution in [3.63, 3.8) is 0 Å². The number of nitrogens with zero attached hydrogens (tertiary/aromatic N) is 3. The number of H-pyrrole nitrogens is 1. The molecule has 15 heavy (non-hydrogen) atoms. The van der Waals surface area contributed by atoms with Gasteiger partial charge in [-0.05, 0) is 0 Å². The molecule has 1 amide bonds. The van der Waals surface area contributed by atoms with Crippen LogP contribution < -0.4 is 16.3 Å². The Kier molecular flexibility index (Phi) is 2.31. The fraction of sp³-hybridized carbons (Fsp3) is 0.429. The third-order valence-corrected chi connectivity index (χ3v) is 2.27. The average Bonchev–Trinajstić information content (AvgIpc) is 2.43. The number of hydrogen-bond acceptors (Lipinski definition) is 5. The molecule has 1 aromatic heterocycles. The largest absolute Gasteiger partial charge is 0.369 e. The van der Waals surface area contributed by atoms with Gasteiger partial charge in [-0.15, -0.1) is 11.6 Å². The predicted octanol–water partition coefficient (Wildman–Crippen LogP) is -0.909. The summed E-state index contributed by atoms with van der Waals surface area (Å²) >= 11 is 5.80. The molecule has 3 N–H and O–H groups in total. The number of carbonyl (C=O) groups is 1. The zero-order valence-electron chi connectivity index (χ0n) is 7.61. The highest BCUT2D eigenvalue weighted by atomic mass is 35.5. The number of nitrogens with two attached hydrogens (primary N) is 1. The van der Waals surface area contributed by atoms with Crippen molar-refractivity contribution in [2.45, 2.75) is 11.8 Å². The summed E-state index contributed by atoms with van der Waals surface area (Å²) in [4.78, 5) is 33.2. The molecule has 1 aliphatic rings. The normalized spacial score (nSPS) is 21.0. The molecule has 1 aliphatic heterocycles. The van der Waals surface area contributed by atoms with Crippen LogP contribution in [0.4, 0.5) is 11.9 Å². The van der Waals surface area contributed by atoms with Crippen molar-refractivity contribution in [1.82, 2.24) is 15.0 Å². The minimum absolute atomic E-state index is 0.00407. The molecule has 1 unspecified atom stereocenters. The van der Waals surface area contributed by atoms with Gasteiger partial charge in [-0.2, -0.15) is 9.97 Å². The third kappa shape index (κ3) is 1.91. The van der Waals surface area contributed by atoms with Crippen LogP contribution in [0.3, 0.4) is 0 Å². The van der Waals surface area contributed by atoms with Crippen LogP contribution in [0, 0.1) is 0 Å². The van der Waals surface area contributed by atoms with Crippen LogP contribution in [0.15, 0.2) is 4.79 Å². The lowest BCUT2D eigenvalue weighted by molar-refractivity contribution is -0.117. The zero-order chi connectivity index (χ0) is 11.0. The fourth-order valence-electron chi connectivity index (χ4n) is 1.37. The van der Waals surface area contributed by atoms with Gasteiger partial charge in [0.2, 0.25) is 17.8 Å². The number of alkyl halides is 1. The second-order valence-electron chi connectivity index (χ2n) is 3.14. The molecule has 0 saturated carbocycles. The summed E-state index contributed by atoms with van der Waals surface area (Å²) in [7, 11) is 0. The Bertz CT molecular complexity index is 459. The smallest absolute Gasteiger partial charge is 0.351 e. The van der Waals surface area contributed by atoms with Crippen LogP contribution >= 0.6 is 11.6 Å². The minimum atomic E-state index is -0.636. The van der Waals surface area contributed by atoms with Crippen molar-refractivity contribution in [3.8, 4) is 0 Å². The van der Waals surface area contributed by atoms with E-state index in [-0.39, 0.29) is 29.6 Å². The number of hydrogen-bond donors (Lipinski definition) is 2. The first-order chi connectivity index (χ1) is 7.06. The molecule has 0 aromatic carbocycles. The second-order valence-corrected chi connectivity index (χ2v) is 3.76. The summed E-state index contributed by atoms with van der Waals surface area (Å²) in [5.41, 5.74) is 4.69. The summed E-state index contributed by atoms with van der Waals surface area (Å²) in [6, 6.07) is 0. The van der Waals surface area contributed by atoms with Gasteiger partial charge in [-0.25, -0.2) is 4.79 Å². The lowest BCUT2D eigenvalue weighted by Crippen LogP contribution is -2.30. The number of anilines is 2. The van der Waals surface area contributed by atoms with Gasteiger partial charge in [0.25, 0.3) is 0 Å². The van der Waals surface area contributed by atoms with Crippen LogP contribution in [-0.4, -0.2) is 32.8 Å². The quantitative estimate of drug-likeness (QED) is 0.607. The van der Waals surface area contributed by atoms with Gasteiger partial charge in [0.15, 0.2) is 0 Å². The molecular formula is C7H8ClN5O2. The molecule has 80 valence electrons. The number of rotatable bonds is 1. The Hall–Kier alpha value is -1.63. The first kappa shape index (κ1) is 9.91. The number of nitrogen functional groups attached to an aromatic ring is 1. The summed E-state index contributed by atoms with van der Waals surface area (Å²) < 4.78 is 0. The molecule has 1 saturated heterocycles. The van der Waals surface area contributed by atoms with Crippen LogP contribution in [0.2, 0.25) is 0 Å². The van der Waals surface area contributed by atoms with Crippen LogP contribution in [0.1, 0.15) is 6.42 Å². The minimum Gasteiger partial charge on any atom is -0.369 e. The maximum Gasteiger partial charge on any atom is 0.351 e. The second kappa shape index (κ2) is 3.50. The molecule has 7 nitrogen and oxygen atoms in total. The molecule has 2 rings (SSSR count). The Morgan fingerprint density at radius 1 is 1.47 bits per heavy atom. The van der Waals surface area contributed by atoms with E-state index in [2.05, 4.69) is 15.0 Å². The Labute approximate surface area is 89.3 Å². The topological polar surface area (TPSA) is 105 Å². The first-order valence-electron chi connectivity index (χ1n) is 4.24.